The van der Waals surface area contributed by atoms with Gasteiger partial charge >= 0.3 is 12.1 Å². The molecule has 2 aliphatic carbocycles. The molecule has 2 amide bonds. The molecule has 0 aliphatic heterocycles. The average Bonchev–Trinajstić information content (AvgIpc) is 3.35. The highest BCUT2D eigenvalue weighted by atomic mass is 16.5. The molecule has 0 bridgehead atoms. The van der Waals surface area contributed by atoms with Crippen molar-refractivity contribution in [3.63, 3.8) is 0 Å². The van der Waals surface area contributed by atoms with Crippen molar-refractivity contribution in [3.05, 3.63) is 71.8 Å². The van der Waals surface area contributed by atoms with Gasteiger partial charge in [0.2, 0.25) is 5.91 Å². The van der Waals surface area contributed by atoms with Gasteiger partial charge in [-0.25, -0.2) is 4.79 Å². The number of fused-ring (bicyclic) bond motifs is 3. The zero-order valence-electron chi connectivity index (χ0n) is 17.8. The maximum absolute atomic E-state index is 12.3. The second-order valence-electron chi connectivity index (χ2n) is 8.31. The van der Waals surface area contributed by atoms with Crippen LogP contribution < -0.4 is 10.6 Å². The van der Waals surface area contributed by atoms with Gasteiger partial charge in [0.05, 0.1) is 5.92 Å². The smallest absolute Gasteiger partial charge is 0.407 e. The average molecular weight is 434 g/mol. The highest BCUT2D eigenvalue weighted by molar-refractivity contribution is 5.80. The molecule has 0 heterocycles. The number of rotatable bonds is 7. The number of aliphatic carboxylic acids is 1. The standard InChI is InChI=1S/C25H26N2O5/c1-15(12-23(28)27-17-11-10-16(13-17)24(29)30)26-25(31)32-14-22-20-8-4-2-6-18(20)19-7-3-5-9-21(19)22/h2-11,15-17,22H,12-14H2,1H3,(H,26,31)(H,27,28)(H,29,30)/t15-,16?,17?/m1/s1. The van der Waals surface area contributed by atoms with Gasteiger partial charge in [-0.1, -0.05) is 60.7 Å². The van der Waals surface area contributed by atoms with E-state index in [1.165, 1.54) is 0 Å². The third kappa shape index (κ3) is 4.66. The number of benzene rings is 2. The van der Waals surface area contributed by atoms with E-state index in [-0.39, 0.29) is 30.9 Å². The lowest BCUT2D eigenvalue weighted by Crippen LogP contribution is -2.40. The van der Waals surface area contributed by atoms with Crippen molar-refractivity contribution >= 4 is 18.0 Å². The minimum Gasteiger partial charge on any atom is -0.481 e. The van der Waals surface area contributed by atoms with E-state index in [2.05, 4.69) is 34.9 Å². The number of hydrogen-bond acceptors (Lipinski definition) is 4. The van der Waals surface area contributed by atoms with E-state index < -0.39 is 24.0 Å². The first-order valence-electron chi connectivity index (χ1n) is 10.7. The minimum absolute atomic E-state index is 0.0249. The van der Waals surface area contributed by atoms with Crippen molar-refractivity contribution in [2.24, 2.45) is 5.92 Å². The SMILES string of the molecule is C[C@H](CC(=O)NC1C=CC(C(=O)O)C1)NC(=O)OCC1c2ccccc2-c2ccccc21. The molecule has 166 valence electrons. The highest BCUT2D eigenvalue weighted by Gasteiger charge is 2.29. The molecule has 0 aromatic heterocycles. The summed E-state index contributed by atoms with van der Waals surface area (Å²) in [6, 6.07) is 15.5. The number of carboxylic acids is 1. The third-order valence-corrected chi connectivity index (χ3v) is 5.95. The Labute approximate surface area is 186 Å². The number of carbonyl (C=O) groups is 3. The minimum atomic E-state index is -0.900. The van der Waals surface area contributed by atoms with E-state index in [0.717, 1.165) is 22.3 Å². The monoisotopic (exact) mass is 434 g/mol. The van der Waals surface area contributed by atoms with Crippen LogP contribution in [-0.2, 0) is 14.3 Å². The Kier molecular flexibility index (Phi) is 6.25. The Morgan fingerprint density at radius 1 is 1.03 bits per heavy atom. The molecule has 0 spiro atoms. The fourth-order valence-corrected chi connectivity index (χ4v) is 4.43. The van der Waals surface area contributed by atoms with Crippen molar-refractivity contribution in [1.29, 1.82) is 0 Å². The molecular weight excluding hydrogens is 408 g/mol. The Balaban J connectivity index is 1.26. The number of hydrogen-bond donors (Lipinski definition) is 3. The molecule has 2 aliphatic rings. The molecule has 3 atom stereocenters. The van der Waals surface area contributed by atoms with Gasteiger partial charge in [0.1, 0.15) is 6.61 Å². The van der Waals surface area contributed by atoms with Gasteiger partial charge in [0.25, 0.3) is 0 Å². The Morgan fingerprint density at radius 3 is 2.25 bits per heavy atom. The summed E-state index contributed by atoms with van der Waals surface area (Å²) in [5, 5.41) is 14.5. The summed E-state index contributed by atoms with van der Waals surface area (Å²) >= 11 is 0. The second-order valence-corrected chi connectivity index (χ2v) is 8.31. The first kappa shape index (κ1) is 21.6. The Bertz CT molecular complexity index is 1020. The van der Waals surface area contributed by atoms with E-state index in [4.69, 9.17) is 9.84 Å². The van der Waals surface area contributed by atoms with E-state index in [1.54, 1.807) is 19.1 Å². The summed E-state index contributed by atoms with van der Waals surface area (Å²) in [6.07, 6.45) is 3.13. The maximum atomic E-state index is 12.3. The number of carbonyl (C=O) groups excluding carboxylic acids is 2. The Morgan fingerprint density at radius 2 is 1.66 bits per heavy atom. The maximum Gasteiger partial charge on any atom is 0.407 e. The molecular formula is C25H26N2O5. The fourth-order valence-electron chi connectivity index (χ4n) is 4.43. The molecule has 0 saturated heterocycles. The molecule has 0 radical (unpaired) electrons. The highest BCUT2D eigenvalue weighted by Crippen LogP contribution is 2.44. The van der Waals surface area contributed by atoms with Crippen LogP contribution in [0, 0.1) is 5.92 Å². The predicted molar refractivity (Wildman–Crippen MR) is 119 cm³/mol. The first-order valence-corrected chi connectivity index (χ1v) is 10.7. The van der Waals surface area contributed by atoms with Crippen molar-refractivity contribution in [1.82, 2.24) is 10.6 Å². The van der Waals surface area contributed by atoms with Gasteiger partial charge in [0, 0.05) is 24.4 Å². The van der Waals surface area contributed by atoms with Gasteiger partial charge in [-0.15, -0.1) is 0 Å². The molecule has 3 N–H and O–H groups in total. The molecule has 4 rings (SSSR count). The van der Waals surface area contributed by atoms with E-state index in [1.807, 2.05) is 24.3 Å². The number of carboxylic acid groups (broad SMARTS) is 1. The lowest BCUT2D eigenvalue weighted by molar-refractivity contribution is -0.140. The molecule has 32 heavy (non-hydrogen) atoms. The number of nitrogens with one attached hydrogen (secondary N) is 2. The predicted octanol–water partition coefficient (Wildman–Crippen LogP) is 3.45. The molecule has 0 fully saturated rings. The van der Waals surface area contributed by atoms with Crippen LogP contribution >= 0.6 is 0 Å². The Hall–Kier alpha value is -3.61. The van der Waals surface area contributed by atoms with Crippen molar-refractivity contribution < 1.29 is 24.2 Å². The number of ether oxygens (including phenoxy) is 1. The van der Waals surface area contributed by atoms with Crippen molar-refractivity contribution in [2.75, 3.05) is 6.61 Å². The molecule has 7 nitrogen and oxygen atoms in total. The van der Waals surface area contributed by atoms with Crippen LogP contribution in [0.1, 0.15) is 36.8 Å². The van der Waals surface area contributed by atoms with Gasteiger partial charge < -0.3 is 20.5 Å². The van der Waals surface area contributed by atoms with Crippen LogP contribution in [0.25, 0.3) is 11.1 Å². The van der Waals surface area contributed by atoms with Crippen LogP contribution in [0.2, 0.25) is 0 Å². The van der Waals surface area contributed by atoms with Crippen LogP contribution in [0.3, 0.4) is 0 Å². The number of amides is 2. The quantitative estimate of drug-likeness (QED) is 0.579. The lowest BCUT2D eigenvalue weighted by atomic mass is 9.98. The van der Waals surface area contributed by atoms with E-state index in [9.17, 15) is 14.4 Å². The third-order valence-electron chi connectivity index (χ3n) is 5.95. The zero-order valence-corrected chi connectivity index (χ0v) is 17.8. The summed E-state index contributed by atoms with van der Waals surface area (Å²) in [7, 11) is 0. The number of alkyl carbamates (subject to hydrolysis) is 1. The van der Waals surface area contributed by atoms with Crippen LogP contribution in [-0.4, -0.2) is 41.8 Å². The summed E-state index contributed by atoms with van der Waals surface area (Å²) in [6.45, 7) is 1.94. The second kappa shape index (κ2) is 9.26. The van der Waals surface area contributed by atoms with Crippen LogP contribution in [0.15, 0.2) is 60.7 Å². The molecule has 7 heteroatoms. The summed E-state index contributed by atoms with van der Waals surface area (Å²) < 4.78 is 5.51. The van der Waals surface area contributed by atoms with Crippen molar-refractivity contribution in [2.45, 2.75) is 37.8 Å². The van der Waals surface area contributed by atoms with Crippen LogP contribution in [0.4, 0.5) is 4.79 Å². The summed E-state index contributed by atoms with van der Waals surface area (Å²) in [4.78, 5) is 35.6. The van der Waals surface area contributed by atoms with E-state index >= 15 is 0 Å². The van der Waals surface area contributed by atoms with Gasteiger partial charge in [-0.2, -0.15) is 0 Å². The zero-order chi connectivity index (χ0) is 22.7. The normalized spacial score (nSPS) is 19.7. The van der Waals surface area contributed by atoms with Crippen LogP contribution in [0.5, 0.6) is 0 Å². The van der Waals surface area contributed by atoms with E-state index in [0.29, 0.717) is 6.42 Å². The molecule has 2 unspecified atom stereocenters. The molecule has 0 saturated carbocycles. The fraction of sp³-hybridized carbons (Fsp3) is 0.320. The molecule has 2 aromatic carbocycles. The molecule has 2 aromatic rings. The lowest BCUT2D eigenvalue weighted by Gasteiger charge is -2.18. The topological polar surface area (TPSA) is 105 Å². The summed E-state index contributed by atoms with van der Waals surface area (Å²) in [5.74, 6) is -1.75. The van der Waals surface area contributed by atoms with Gasteiger partial charge in [-0.3, -0.25) is 9.59 Å². The summed E-state index contributed by atoms with van der Waals surface area (Å²) in [5.41, 5.74) is 4.60. The first-order chi connectivity index (χ1) is 15.4. The van der Waals surface area contributed by atoms with Crippen molar-refractivity contribution in [3.8, 4) is 11.1 Å². The van der Waals surface area contributed by atoms with Gasteiger partial charge in [0.15, 0.2) is 0 Å². The largest absolute Gasteiger partial charge is 0.481 e. The van der Waals surface area contributed by atoms with Gasteiger partial charge in [-0.05, 0) is 35.6 Å².